The molecule has 0 aromatic rings. The van der Waals surface area contributed by atoms with Gasteiger partial charge in [-0.2, -0.15) is 0 Å². The van der Waals surface area contributed by atoms with E-state index in [0.29, 0.717) is 5.92 Å². The van der Waals surface area contributed by atoms with E-state index in [1.807, 2.05) is 6.92 Å². The highest BCUT2D eigenvalue weighted by Gasteiger charge is 2.12. The van der Waals surface area contributed by atoms with Crippen LogP contribution in [-0.4, -0.2) is 11.2 Å². The first-order valence-corrected chi connectivity index (χ1v) is 5.50. The Hall–Kier alpha value is -0.300. The Labute approximate surface area is 82.9 Å². The van der Waals surface area contributed by atoms with Gasteiger partial charge >= 0.3 is 0 Å². The quantitative estimate of drug-likeness (QED) is 0.626. The average Bonchev–Trinajstić information content (AvgIpc) is 2.14. The van der Waals surface area contributed by atoms with Crippen LogP contribution in [0.3, 0.4) is 0 Å². The molecule has 0 fully saturated rings. The number of aliphatic hydroxyl groups excluding tert-OH is 1. The van der Waals surface area contributed by atoms with Crippen molar-refractivity contribution in [3.63, 3.8) is 0 Å². The maximum atomic E-state index is 9.81. The Morgan fingerprint density at radius 1 is 1.23 bits per heavy atom. The summed E-state index contributed by atoms with van der Waals surface area (Å²) in [5.74, 6) is 0.676. The topological polar surface area (TPSA) is 20.2 Å². The predicted octanol–water partition coefficient (Wildman–Crippen LogP) is 3.53. The summed E-state index contributed by atoms with van der Waals surface area (Å²) in [6.07, 6.45) is 6.19. The monoisotopic (exact) mass is 184 g/mol. The van der Waals surface area contributed by atoms with Crippen LogP contribution in [0, 0.1) is 5.92 Å². The van der Waals surface area contributed by atoms with E-state index < -0.39 is 0 Å². The molecule has 13 heavy (non-hydrogen) atoms. The second-order valence-electron chi connectivity index (χ2n) is 3.79. The van der Waals surface area contributed by atoms with E-state index in [-0.39, 0.29) is 6.10 Å². The van der Waals surface area contributed by atoms with Gasteiger partial charge in [-0.25, -0.2) is 0 Å². The molecule has 0 saturated carbocycles. The van der Waals surface area contributed by atoms with Crippen LogP contribution in [0.1, 0.15) is 53.4 Å². The van der Waals surface area contributed by atoms with Crippen LogP contribution in [-0.2, 0) is 0 Å². The highest BCUT2D eigenvalue weighted by atomic mass is 16.3. The van der Waals surface area contributed by atoms with Crippen molar-refractivity contribution >= 4 is 0 Å². The molecule has 1 atom stereocenters. The number of aliphatic hydroxyl groups is 1. The Morgan fingerprint density at radius 2 is 1.77 bits per heavy atom. The molecule has 0 aromatic heterocycles. The first-order valence-electron chi connectivity index (χ1n) is 5.50. The Balaban J connectivity index is 3.97. The van der Waals surface area contributed by atoms with Gasteiger partial charge in [-0.1, -0.05) is 39.7 Å². The normalized spacial score (nSPS) is 15.1. The largest absolute Gasteiger partial charge is 0.389 e. The van der Waals surface area contributed by atoms with Gasteiger partial charge in [0.25, 0.3) is 0 Å². The standard InChI is InChI=1S/C12H24O/c1-5-8-10(4)12(13)9-11(6-2)7-3/h8,11-13H,5-7,9H2,1-4H3. The maximum absolute atomic E-state index is 9.81. The van der Waals surface area contributed by atoms with Crippen LogP contribution in [0.4, 0.5) is 0 Å². The molecule has 0 saturated heterocycles. The number of allylic oxidation sites excluding steroid dienone is 1. The molecule has 0 rings (SSSR count). The minimum Gasteiger partial charge on any atom is -0.389 e. The van der Waals surface area contributed by atoms with Crippen molar-refractivity contribution in [3.8, 4) is 0 Å². The van der Waals surface area contributed by atoms with Crippen molar-refractivity contribution in [2.75, 3.05) is 0 Å². The zero-order chi connectivity index (χ0) is 10.3. The predicted molar refractivity (Wildman–Crippen MR) is 58.7 cm³/mol. The first kappa shape index (κ1) is 12.7. The molecular formula is C12H24O. The van der Waals surface area contributed by atoms with Crippen LogP contribution >= 0.6 is 0 Å². The minimum atomic E-state index is -0.218. The summed E-state index contributed by atoms with van der Waals surface area (Å²) < 4.78 is 0. The fourth-order valence-corrected chi connectivity index (χ4v) is 1.58. The molecule has 1 nitrogen and oxygen atoms in total. The van der Waals surface area contributed by atoms with E-state index in [1.165, 1.54) is 12.8 Å². The van der Waals surface area contributed by atoms with Crippen LogP contribution in [0.5, 0.6) is 0 Å². The second-order valence-corrected chi connectivity index (χ2v) is 3.79. The molecule has 0 spiro atoms. The first-order chi connectivity index (χ1) is 6.15. The van der Waals surface area contributed by atoms with E-state index in [9.17, 15) is 5.11 Å². The smallest absolute Gasteiger partial charge is 0.0750 e. The third kappa shape index (κ3) is 5.09. The maximum Gasteiger partial charge on any atom is 0.0750 e. The van der Waals surface area contributed by atoms with Gasteiger partial charge in [-0.3, -0.25) is 0 Å². The number of hydrogen-bond acceptors (Lipinski definition) is 1. The summed E-state index contributed by atoms with van der Waals surface area (Å²) in [6.45, 7) is 8.52. The molecule has 0 aliphatic heterocycles. The van der Waals surface area contributed by atoms with Crippen molar-refractivity contribution < 1.29 is 5.11 Å². The minimum absolute atomic E-state index is 0.218. The molecule has 0 radical (unpaired) electrons. The molecule has 0 aromatic carbocycles. The average molecular weight is 184 g/mol. The summed E-state index contributed by atoms with van der Waals surface area (Å²) in [4.78, 5) is 0. The van der Waals surface area contributed by atoms with Crippen LogP contribution in [0.15, 0.2) is 11.6 Å². The number of rotatable bonds is 6. The molecule has 0 aliphatic rings. The van der Waals surface area contributed by atoms with Crippen LogP contribution in [0.25, 0.3) is 0 Å². The van der Waals surface area contributed by atoms with E-state index in [0.717, 1.165) is 18.4 Å². The Bertz CT molecular complexity index is 145. The molecule has 78 valence electrons. The Morgan fingerprint density at radius 3 is 2.15 bits per heavy atom. The van der Waals surface area contributed by atoms with Crippen molar-refractivity contribution in [2.45, 2.75) is 59.5 Å². The molecule has 1 unspecified atom stereocenters. The van der Waals surface area contributed by atoms with E-state index in [4.69, 9.17) is 0 Å². The molecule has 1 heteroatoms. The summed E-state index contributed by atoms with van der Waals surface area (Å²) in [6, 6.07) is 0. The van der Waals surface area contributed by atoms with Crippen molar-refractivity contribution in [3.05, 3.63) is 11.6 Å². The van der Waals surface area contributed by atoms with E-state index in [2.05, 4.69) is 26.8 Å². The number of hydrogen-bond donors (Lipinski definition) is 1. The van der Waals surface area contributed by atoms with Crippen LogP contribution in [0.2, 0.25) is 0 Å². The summed E-state index contributed by atoms with van der Waals surface area (Å²) in [7, 11) is 0. The molecule has 0 bridgehead atoms. The lowest BCUT2D eigenvalue weighted by Gasteiger charge is -2.17. The molecule has 0 aliphatic carbocycles. The highest BCUT2D eigenvalue weighted by Crippen LogP contribution is 2.18. The van der Waals surface area contributed by atoms with Gasteiger partial charge in [0.05, 0.1) is 6.10 Å². The fourth-order valence-electron chi connectivity index (χ4n) is 1.58. The zero-order valence-electron chi connectivity index (χ0n) is 9.51. The molecule has 0 amide bonds. The third-order valence-electron chi connectivity index (χ3n) is 2.76. The van der Waals surface area contributed by atoms with E-state index >= 15 is 0 Å². The second kappa shape index (κ2) is 7.14. The van der Waals surface area contributed by atoms with Gasteiger partial charge in [0.2, 0.25) is 0 Å². The van der Waals surface area contributed by atoms with Crippen molar-refractivity contribution in [1.82, 2.24) is 0 Å². The molecule has 0 heterocycles. The van der Waals surface area contributed by atoms with Gasteiger partial charge < -0.3 is 5.11 Å². The van der Waals surface area contributed by atoms with E-state index in [1.54, 1.807) is 0 Å². The fraction of sp³-hybridized carbons (Fsp3) is 0.833. The van der Waals surface area contributed by atoms with Crippen LogP contribution < -0.4 is 0 Å². The third-order valence-corrected chi connectivity index (χ3v) is 2.76. The highest BCUT2D eigenvalue weighted by molar-refractivity contribution is 5.04. The van der Waals surface area contributed by atoms with Gasteiger partial charge in [0.15, 0.2) is 0 Å². The SMILES string of the molecule is CCC=C(C)C(O)CC(CC)CC. The summed E-state index contributed by atoms with van der Waals surface area (Å²) >= 11 is 0. The van der Waals surface area contributed by atoms with Gasteiger partial charge in [-0.05, 0) is 31.3 Å². The molecule has 1 N–H and O–H groups in total. The van der Waals surface area contributed by atoms with Gasteiger partial charge in [0, 0.05) is 0 Å². The van der Waals surface area contributed by atoms with Gasteiger partial charge in [0.1, 0.15) is 0 Å². The zero-order valence-corrected chi connectivity index (χ0v) is 9.51. The molecular weight excluding hydrogens is 160 g/mol. The Kier molecular flexibility index (Phi) is 6.97. The van der Waals surface area contributed by atoms with Gasteiger partial charge in [-0.15, -0.1) is 0 Å². The lowest BCUT2D eigenvalue weighted by atomic mass is 9.93. The van der Waals surface area contributed by atoms with Crippen molar-refractivity contribution in [1.29, 1.82) is 0 Å². The lowest BCUT2D eigenvalue weighted by molar-refractivity contribution is 0.172. The summed E-state index contributed by atoms with van der Waals surface area (Å²) in [5, 5.41) is 9.81. The van der Waals surface area contributed by atoms with Crippen molar-refractivity contribution in [2.24, 2.45) is 5.92 Å². The lowest BCUT2D eigenvalue weighted by Crippen LogP contribution is -2.14. The summed E-state index contributed by atoms with van der Waals surface area (Å²) in [5.41, 5.74) is 1.13.